The van der Waals surface area contributed by atoms with Gasteiger partial charge in [0.15, 0.2) is 5.03 Å². The van der Waals surface area contributed by atoms with E-state index < -0.39 is 22.0 Å². The van der Waals surface area contributed by atoms with E-state index in [-0.39, 0.29) is 23.8 Å². The Bertz CT molecular complexity index is 845. The first-order valence-electron chi connectivity index (χ1n) is 8.50. The van der Waals surface area contributed by atoms with E-state index in [9.17, 15) is 13.2 Å². The van der Waals surface area contributed by atoms with Gasteiger partial charge in [0, 0.05) is 31.6 Å². The maximum absolute atomic E-state index is 12.7. The predicted octanol–water partition coefficient (Wildman–Crippen LogP) is 2.30. The number of carbonyl (C=O) groups is 1. The van der Waals surface area contributed by atoms with Crippen LogP contribution < -0.4 is 4.72 Å². The van der Waals surface area contributed by atoms with Crippen molar-refractivity contribution in [2.24, 2.45) is 7.05 Å². The molecule has 2 N–H and O–H groups in total. The van der Waals surface area contributed by atoms with Crippen molar-refractivity contribution in [3.8, 4) is 0 Å². The molecule has 0 radical (unpaired) electrons. The average molecular weight is 379 g/mol. The molecule has 1 heterocycles. The molecular formula is C18H25N3O4S. The number of carboxylic acids is 1. The topological polar surface area (TPSA) is 101 Å². The Kier molecular flexibility index (Phi) is 6.55. The quantitative estimate of drug-likeness (QED) is 0.696. The Morgan fingerprint density at radius 2 is 1.92 bits per heavy atom. The zero-order valence-corrected chi connectivity index (χ0v) is 16.0. The highest BCUT2D eigenvalue weighted by atomic mass is 32.2. The number of benzene rings is 1. The molecular weight excluding hydrogens is 354 g/mol. The van der Waals surface area contributed by atoms with Crippen molar-refractivity contribution in [3.05, 3.63) is 47.9 Å². The van der Waals surface area contributed by atoms with Crippen molar-refractivity contribution >= 4 is 16.0 Å². The van der Waals surface area contributed by atoms with Crippen molar-refractivity contribution in [2.45, 2.75) is 50.1 Å². The fraction of sp³-hybridized carbons (Fsp3) is 0.444. The van der Waals surface area contributed by atoms with Gasteiger partial charge in [0.1, 0.15) is 5.82 Å². The number of nitrogens with zero attached hydrogens (tertiary/aromatic N) is 2. The summed E-state index contributed by atoms with van der Waals surface area (Å²) in [6, 6.07) is 8.86. The van der Waals surface area contributed by atoms with Crippen LogP contribution in [0.2, 0.25) is 0 Å². The number of aliphatic carboxylic acids is 1. The molecule has 2 aromatic rings. The van der Waals surface area contributed by atoms with Crippen molar-refractivity contribution in [2.75, 3.05) is 0 Å². The molecule has 1 aromatic carbocycles. The van der Waals surface area contributed by atoms with Gasteiger partial charge >= 0.3 is 5.97 Å². The third kappa shape index (κ3) is 5.40. The summed E-state index contributed by atoms with van der Waals surface area (Å²) < 4.78 is 29.8. The van der Waals surface area contributed by atoms with E-state index in [0.29, 0.717) is 12.2 Å². The molecule has 7 nitrogen and oxygen atoms in total. The van der Waals surface area contributed by atoms with Gasteiger partial charge in [-0.3, -0.25) is 4.79 Å². The van der Waals surface area contributed by atoms with Crippen molar-refractivity contribution < 1.29 is 18.3 Å². The minimum Gasteiger partial charge on any atom is -0.481 e. The third-order valence-electron chi connectivity index (χ3n) is 4.04. The minimum absolute atomic E-state index is 0.0444. The fourth-order valence-corrected chi connectivity index (χ4v) is 4.07. The van der Waals surface area contributed by atoms with E-state index in [4.69, 9.17) is 5.11 Å². The zero-order valence-electron chi connectivity index (χ0n) is 15.2. The average Bonchev–Trinajstić information content (AvgIpc) is 2.96. The number of aromatic nitrogens is 2. The summed E-state index contributed by atoms with van der Waals surface area (Å²) >= 11 is 0. The van der Waals surface area contributed by atoms with E-state index in [0.717, 1.165) is 5.56 Å². The number of hydrogen-bond donors (Lipinski definition) is 2. The van der Waals surface area contributed by atoms with Gasteiger partial charge in [0.05, 0.1) is 0 Å². The molecule has 0 aliphatic heterocycles. The standard InChI is InChI=1S/C18H25N3O4S/c1-13(2)18-19-16(12-21(18)3)26(24,25)20-15(9-10-17(22)23)11-14-7-5-4-6-8-14/h4-8,12-13,15,20H,9-11H2,1-3H3,(H,22,23). The highest BCUT2D eigenvalue weighted by molar-refractivity contribution is 7.89. The van der Waals surface area contributed by atoms with E-state index >= 15 is 0 Å². The Morgan fingerprint density at radius 1 is 1.27 bits per heavy atom. The molecule has 1 atom stereocenters. The Hall–Kier alpha value is -2.19. The summed E-state index contributed by atoms with van der Waals surface area (Å²) in [5.41, 5.74) is 0.939. The van der Waals surface area contributed by atoms with Crippen LogP contribution in [-0.2, 0) is 28.3 Å². The first-order valence-corrected chi connectivity index (χ1v) is 9.98. The fourth-order valence-electron chi connectivity index (χ4n) is 2.80. The Balaban J connectivity index is 2.21. The molecule has 0 saturated heterocycles. The van der Waals surface area contributed by atoms with Gasteiger partial charge in [-0.15, -0.1) is 0 Å². The molecule has 0 bridgehead atoms. The van der Waals surface area contributed by atoms with Gasteiger partial charge in [0.25, 0.3) is 10.0 Å². The Morgan fingerprint density at radius 3 is 2.46 bits per heavy atom. The van der Waals surface area contributed by atoms with Gasteiger partial charge < -0.3 is 9.67 Å². The lowest BCUT2D eigenvalue weighted by Crippen LogP contribution is -2.37. The van der Waals surface area contributed by atoms with E-state index in [2.05, 4.69) is 9.71 Å². The van der Waals surface area contributed by atoms with Crippen LogP contribution in [0.25, 0.3) is 0 Å². The van der Waals surface area contributed by atoms with Crippen LogP contribution in [0.1, 0.15) is 44.0 Å². The maximum Gasteiger partial charge on any atom is 0.303 e. The van der Waals surface area contributed by atoms with E-state index in [1.165, 1.54) is 6.20 Å². The lowest BCUT2D eigenvalue weighted by molar-refractivity contribution is -0.137. The van der Waals surface area contributed by atoms with Gasteiger partial charge in [-0.25, -0.2) is 18.1 Å². The summed E-state index contributed by atoms with van der Waals surface area (Å²) in [5.74, 6) is -0.186. The van der Waals surface area contributed by atoms with Crippen LogP contribution >= 0.6 is 0 Å². The minimum atomic E-state index is -3.84. The monoisotopic (exact) mass is 379 g/mol. The highest BCUT2D eigenvalue weighted by Gasteiger charge is 2.25. The first kappa shape index (κ1) is 20.1. The van der Waals surface area contributed by atoms with Crippen molar-refractivity contribution in [1.29, 1.82) is 0 Å². The number of hydrogen-bond acceptors (Lipinski definition) is 4. The number of rotatable bonds is 9. The molecule has 0 spiro atoms. The maximum atomic E-state index is 12.7. The van der Waals surface area contributed by atoms with Gasteiger partial charge in [-0.05, 0) is 18.4 Å². The van der Waals surface area contributed by atoms with Crippen LogP contribution in [0.3, 0.4) is 0 Å². The molecule has 1 unspecified atom stereocenters. The number of imidazole rings is 1. The molecule has 0 saturated carbocycles. The van der Waals surface area contributed by atoms with Crippen molar-refractivity contribution in [3.63, 3.8) is 0 Å². The normalized spacial score (nSPS) is 13.1. The second-order valence-electron chi connectivity index (χ2n) is 6.64. The lowest BCUT2D eigenvalue weighted by Gasteiger charge is -2.17. The third-order valence-corrected chi connectivity index (χ3v) is 5.43. The highest BCUT2D eigenvalue weighted by Crippen LogP contribution is 2.17. The van der Waals surface area contributed by atoms with E-state index in [1.54, 1.807) is 11.6 Å². The molecule has 142 valence electrons. The molecule has 26 heavy (non-hydrogen) atoms. The first-order chi connectivity index (χ1) is 12.2. The summed E-state index contributed by atoms with van der Waals surface area (Å²) in [4.78, 5) is 15.2. The van der Waals surface area contributed by atoms with Gasteiger partial charge in [-0.1, -0.05) is 44.2 Å². The van der Waals surface area contributed by atoms with Crippen LogP contribution in [0.5, 0.6) is 0 Å². The van der Waals surface area contributed by atoms with Crippen LogP contribution in [0, 0.1) is 0 Å². The number of carboxylic acid groups (broad SMARTS) is 1. The summed E-state index contributed by atoms with van der Waals surface area (Å²) in [5, 5.41) is 8.91. The molecule has 2 rings (SSSR count). The summed E-state index contributed by atoms with van der Waals surface area (Å²) in [6.07, 6.45) is 1.98. The van der Waals surface area contributed by atoms with Gasteiger partial charge in [0.2, 0.25) is 0 Å². The second-order valence-corrected chi connectivity index (χ2v) is 8.30. The van der Waals surface area contributed by atoms with Crippen LogP contribution in [-0.4, -0.2) is 35.1 Å². The Labute approximate surface area is 154 Å². The predicted molar refractivity (Wildman–Crippen MR) is 98.4 cm³/mol. The van der Waals surface area contributed by atoms with Crippen molar-refractivity contribution in [1.82, 2.24) is 14.3 Å². The van der Waals surface area contributed by atoms with Crippen LogP contribution in [0.15, 0.2) is 41.6 Å². The molecule has 0 aliphatic rings. The van der Waals surface area contributed by atoms with Gasteiger partial charge in [-0.2, -0.15) is 0 Å². The number of aryl methyl sites for hydroxylation is 1. The molecule has 8 heteroatoms. The lowest BCUT2D eigenvalue weighted by atomic mass is 10.0. The van der Waals surface area contributed by atoms with E-state index in [1.807, 2.05) is 44.2 Å². The molecule has 0 fully saturated rings. The van der Waals surface area contributed by atoms with Crippen LogP contribution in [0.4, 0.5) is 0 Å². The molecule has 0 aliphatic carbocycles. The number of nitrogens with one attached hydrogen (secondary N) is 1. The number of sulfonamides is 1. The summed E-state index contributed by atoms with van der Waals surface area (Å²) in [6.45, 7) is 3.88. The molecule has 1 aromatic heterocycles. The SMILES string of the molecule is CC(C)c1nc(S(=O)(=O)NC(CCC(=O)O)Cc2ccccc2)cn1C. The second kappa shape index (κ2) is 8.46. The smallest absolute Gasteiger partial charge is 0.303 e. The molecule has 0 amide bonds. The largest absolute Gasteiger partial charge is 0.481 e. The summed E-state index contributed by atoms with van der Waals surface area (Å²) in [7, 11) is -2.08. The zero-order chi connectivity index (χ0) is 19.3.